The van der Waals surface area contributed by atoms with Gasteiger partial charge in [-0.15, -0.1) is 0 Å². The van der Waals surface area contributed by atoms with Crippen molar-refractivity contribution in [2.75, 3.05) is 18.4 Å². The summed E-state index contributed by atoms with van der Waals surface area (Å²) in [6.45, 7) is 5.49. The first-order valence-electron chi connectivity index (χ1n) is 8.36. The van der Waals surface area contributed by atoms with Crippen molar-refractivity contribution in [3.8, 4) is 0 Å². The number of nitrogens with one attached hydrogen (secondary N) is 1. The van der Waals surface area contributed by atoms with E-state index in [1.165, 1.54) is 0 Å². The molecule has 0 spiro atoms. The number of carbonyl (C=O) groups is 2. The van der Waals surface area contributed by atoms with E-state index in [0.717, 1.165) is 41.4 Å². The average Bonchev–Trinajstić information content (AvgIpc) is 2.55. The zero-order valence-electron chi connectivity index (χ0n) is 13.9. The van der Waals surface area contributed by atoms with E-state index in [-0.39, 0.29) is 17.7 Å². The van der Waals surface area contributed by atoms with Crippen LogP contribution >= 0.6 is 15.9 Å². The lowest BCUT2D eigenvalue weighted by Crippen LogP contribution is -2.41. The lowest BCUT2D eigenvalue weighted by Gasteiger charge is -2.31. The smallest absolute Gasteiger partial charge is 0.227 e. The van der Waals surface area contributed by atoms with Gasteiger partial charge in [0.2, 0.25) is 11.8 Å². The third kappa shape index (κ3) is 5.06. The summed E-state index contributed by atoms with van der Waals surface area (Å²) in [7, 11) is 0. The highest BCUT2D eigenvalue weighted by Gasteiger charge is 2.27. The number of unbranched alkanes of at least 4 members (excludes halogenated alkanes) is 1. The lowest BCUT2D eigenvalue weighted by molar-refractivity contribution is -0.134. The summed E-state index contributed by atoms with van der Waals surface area (Å²) in [5.41, 5.74) is 1.95. The number of benzene rings is 1. The molecule has 0 unspecified atom stereocenters. The molecule has 1 heterocycles. The summed E-state index contributed by atoms with van der Waals surface area (Å²) < 4.78 is 0.901. The van der Waals surface area contributed by atoms with Crippen LogP contribution in [0.1, 0.15) is 44.6 Å². The molecule has 1 saturated heterocycles. The Kier molecular flexibility index (Phi) is 6.63. The summed E-state index contributed by atoms with van der Waals surface area (Å²) >= 11 is 3.48. The van der Waals surface area contributed by atoms with E-state index >= 15 is 0 Å². The highest BCUT2D eigenvalue weighted by atomic mass is 79.9. The fourth-order valence-electron chi connectivity index (χ4n) is 2.83. The molecule has 2 rings (SSSR count). The number of carbonyl (C=O) groups excluding carboxylic acids is 2. The van der Waals surface area contributed by atoms with Gasteiger partial charge in [-0.3, -0.25) is 9.59 Å². The molecule has 0 radical (unpaired) electrons. The summed E-state index contributed by atoms with van der Waals surface area (Å²) in [6, 6.07) is 5.89. The summed E-state index contributed by atoms with van der Waals surface area (Å²) in [6.07, 6.45) is 4.10. The Hall–Kier alpha value is -1.36. The van der Waals surface area contributed by atoms with E-state index in [1.807, 2.05) is 30.0 Å². The molecule has 1 aliphatic heterocycles. The lowest BCUT2D eigenvalue weighted by atomic mass is 9.95. The van der Waals surface area contributed by atoms with Crippen LogP contribution in [0.4, 0.5) is 5.69 Å². The Bertz CT molecular complexity index is 566. The predicted molar refractivity (Wildman–Crippen MR) is 96.3 cm³/mol. The van der Waals surface area contributed by atoms with Gasteiger partial charge < -0.3 is 10.2 Å². The van der Waals surface area contributed by atoms with E-state index in [2.05, 4.69) is 28.2 Å². The van der Waals surface area contributed by atoms with Crippen molar-refractivity contribution in [2.45, 2.75) is 46.0 Å². The van der Waals surface area contributed by atoms with Gasteiger partial charge in [0.05, 0.1) is 5.69 Å². The zero-order chi connectivity index (χ0) is 16.8. The SMILES string of the molecule is CCCCC(=O)N1CCC(C(=O)Nc2ccc(C)cc2Br)CC1. The molecule has 0 saturated carbocycles. The van der Waals surface area contributed by atoms with Gasteiger partial charge in [0.15, 0.2) is 0 Å². The molecular formula is C18H25BrN2O2. The maximum atomic E-state index is 12.4. The largest absolute Gasteiger partial charge is 0.343 e. The van der Waals surface area contributed by atoms with Crippen molar-refractivity contribution in [1.29, 1.82) is 0 Å². The Morgan fingerprint density at radius 3 is 2.61 bits per heavy atom. The van der Waals surface area contributed by atoms with Crippen LogP contribution in [0.25, 0.3) is 0 Å². The Morgan fingerprint density at radius 2 is 2.00 bits per heavy atom. The Labute approximate surface area is 146 Å². The van der Waals surface area contributed by atoms with Crippen LogP contribution in [0.5, 0.6) is 0 Å². The van der Waals surface area contributed by atoms with Gasteiger partial charge in [-0.1, -0.05) is 19.4 Å². The average molecular weight is 381 g/mol. The Balaban J connectivity index is 1.85. The van der Waals surface area contributed by atoms with Crippen molar-refractivity contribution in [1.82, 2.24) is 4.90 Å². The molecule has 2 amide bonds. The van der Waals surface area contributed by atoms with Gasteiger partial charge in [0.25, 0.3) is 0 Å². The highest BCUT2D eigenvalue weighted by molar-refractivity contribution is 9.10. The number of amides is 2. The molecule has 126 valence electrons. The second-order valence-electron chi connectivity index (χ2n) is 6.23. The molecule has 1 aromatic carbocycles. The molecule has 1 fully saturated rings. The molecule has 0 atom stereocenters. The number of halogens is 1. The van der Waals surface area contributed by atoms with Gasteiger partial charge in [0.1, 0.15) is 0 Å². The first kappa shape index (κ1) is 18.0. The van der Waals surface area contributed by atoms with Gasteiger partial charge in [-0.05, 0) is 59.8 Å². The monoisotopic (exact) mass is 380 g/mol. The molecule has 0 bridgehead atoms. The van der Waals surface area contributed by atoms with Crippen LogP contribution in [-0.4, -0.2) is 29.8 Å². The van der Waals surface area contributed by atoms with Crippen LogP contribution in [-0.2, 0) is 9.59 Å². The normalized spacial score (nSPS) is 15.5. The van der Waals surface area contributed by atoms with Crippen LogP contribution in [0.2, 0.25) is 0 Å². The van der Waals surface area contributed by atoms with Crippen molar-refractivity contribution >= 4 is 33.4 Å². The molecule has 0 aromatic heterocycles. The molecule has 0 aliphatic carbocycles. The number of aryl methyl sites for hydroxylation is 1. The number of likely N-dealkylation sites (tertiary alicyclic amines) is 1. The molecule has 23 heavy (non-hydrogen) atoms. The number of hydrogen-bond donors (Lipinski definition) is 1. The summed E-state index contributed by atoms with van der Waals surface area (Å²) in [4.78, 5) is 26.3. The predicted octanol–water partition coefficient (Wildman–Crippen LogP) is 4.12. The molecule has 1 aromatic rings. The van der Waals surface area contributed by atoms with Gasteiger partial charge in [-0.25, -0.2) is 0 Å². The van der Waals surface area contributed by atoms with Crippen LogP contribution < -0.4 is 5.32 Å². The number of piperidine rings is 1. The van der Waals surface area contributed by atoms with Crippen LogP contribution in [0, 0.1) is 12.8 Å². The molecular weight excluding hydrogens is 356 g/mol. The number of rotatable bonds is 5. The molecule has 1 aliphatic rings. The number of anilines is 1. The second kappa shape index (κ2) is 8.48. The van der Waals surface area contributed by atoms with Gasteiger partial charge >= 0.3 is 0 Å². The summed E-state index contributed by atoms with van der Waals surface area (Å²) in [5.74, 6) is 0.264. The van der Waals surface area contributed by atoms with E-state index in [9.17, 15) is 9.59 Å². The van der Waals surface area contributed by atoms with E-state index in [4.69, 9.17) is 0 Å². The van der Waals surface area contributed by atoms with Crippen molar-refractivity contribution < 1.29 is 9.59 Å². The van der Waals surface area contributed by atoms with Crippen molar-refractivity contribution in [3.63, 3.8) is 0 Å². The van der Waals surface area contributed by atoms with Crippen molar-refractivity contribution in [2.24, 2.45) is 5.92 Å². The van der Waals surface area contributed by atoms with Crippen LogP contribution in [0.3, 0.4) is 0 Å². The third-order valence-electron chi connectivity index (χ3n) is 4.35. The number of nitrogens with zero attached hydrogens (tertiary/aromatic N) is 1. The summed E-state index contributed by atoms with van der Waals surface area (Å²) in [5, 5.41) is 3.00. The van der Waals surface area contributed by atoms with E-state index < -0.39 is 0 Å². The second-order valence-corrected chi connectivity index (χ2v) is 7.09. The first-order chi connectivity index (χ1) is 11.0. The van der Waals surface area contributed by atoms with E-state index in [0.29, 0.717) is 19.5 Å². The third-order valence-corrected chi connectivity index (χ3v) is 5.00. The fourth-order valence-corrected chi connectivity index (χ4v) is 3.43. The van der Waals surface area contributed by atoms with Gasteiger partial charge in [-0.2, -0.15) is 0 Å². The standard InChI is InChI=1S/C18H25BrN2O2/c1-3-4-5-17(22)21-10-8-14(9-11-21)18(23)20-16-7-6-13(2)12-15(16)19/h6-7,12,14H,3-5,8-11H2,1-2H3,(H,20,23). The zero-order valence-corrected chi connectivity index (χ0v) is 15.5. The minimum atomic E-state index is -0.0153. The minimum absolute atomic E-state index is 0.0153. The number of hydrogen-bond acceptors (Lipinski definition) is 2. The maximum Gasteiger partial charge on any atom is 0.227 e. The topological polar surface area (TPSA) is 49.4 Å². The van der Waals surface area contributed by atoms with Gasteiger partial charge in [0, 0.05) is 29.9 Å². The maximum absolute atomic E-state index is 12.4. The first-order valence-corrected chi connectivity index (χ1v) is 9.15. The quantitative estimate of drug-likeness (QED) is 0.834. The Morgan fingerprint density at radius 1 is 1.30 bits per heavy atom. The minimum Gasteiger partial charge on any atom is -0.343 e. The molecule has 1 N–H and O–H groups in total. The van der Waals surface area contributed by atoms with Crippen LogP contribution in [0.15, 0.2) is 22.7 Å². The highest BCUT2D eigenvalue weighted by Crippen LogP contribution is 2.26. The molecule has 4 nitrogen and oxygen atoms in total. The molecule has 5 heteroatoms. The fraction of sp³-hybridized carbons (Fsp3) is 0.556. The van der Waals surface area contributed by atoms with Crippen molar-refractivity contribution in [3.05, 3.63) is 28.2 Å². The van der Waals surface area contributed by atoms with E-state index in [1.54, 1.807) is 0 Å².